The Hall–Kier alpha value is -3.03. The molecule has 1 aromatic carbocycles. The number of nitrogens with zero attached hydrogens (tertiary/aromatic N) is 4. The Morgan fingerprint density at radius 2 is 2.04 bits per heavy atom. The van der Waals surface area contributed by atoms with E-state index in [4.69, 9.17) is 4.52 Å². The maximum absolute atomic E-state index is 13.7. The van der Waals surface area contributed by atoms with Gasteiger partial charge in [-0.2, -0.15) is 4.98 Å². The number of hydrogen-bond donors (Lipinski definition) is 1. The lowest BCUT2D eigenvalue weighted by Crippen LogP contribution is -2.38. The van der Waals surface area contributed by atoms with E-state index in [0.29, 0.717) is 42.9 Å². The number of piperidine rings is 1. The third kappa shape index (κ3) is 3.34. The Kier molecular flexibility index (Phi) is 4.47. The van der Waals surface area contributed by atoms with Gasteiger partial charge in [0.2, 0.25) is 5.91 Å². The molecule has 8 heteroatoms. The van der Waals surface area contributed by atoms with Gasteiger partial charge in [-0.15, -0.1) is 0 Å². The standard InChI is InChI=1S/C19H20FN5O2/c1-11-3-4-14(9-15(11)20)23-18(26)13-5-7-25(8-6-13)17-16-12(2)24-27-19(16)22-10-21-17/h3-4,9-10,13H,5-8H2,1-2H3,(H,23,26). The van der Waals surface area contributed by atoms with Crippen molar-refractivity contribution in [2.24, 2.45) is 5.92 Å². The molecule has 0 unspecified atom stereocenters. The number of carbonyl (C=O) groups is 1. The van der Waals surface area contributed by atoms with E-state index in [1.165, 1.54) is 12.4 Å². The van der Waals surface area contributed by atoms with Crippen molar-refractivity contribution in [1.29, 1.82) is 0 Å². The summed E-state index contributed by atoms with van der Waals surface area (Å²) in [5, 5.41) is 7.59. The zero-order valence-corrected chi connectivity index (χ0v) is 15.2. The van der Waals surface area contributed by atoms with Crippen LogP contribution in [0.15, 0.2) is 29.0 Å². The first-order chi connectivity index (χ1) is 13.0. The van der Waals surface area contributed by atoms with Crippen LogP contribution in [0.2, 0.25) is 0 Å². The first-order valence-corrected chi connectivity index (χ1v) is 8.92. The van der Waals surface area contributed by atoms with E-state index < -0.39 is 0 Å². The Bertz CT molecular complexity index is 995. The fourth-order valence-corrected chi connectivity index (χ4v) is 3.41. The second-order valence-corrected chi connectivity index (χ2v) is 6.86. The molecule has 1 N–H and O–H groups in total. The number of aryl methyl sites for hydroxylation is 2. The third-order valence-electron chi connectivity index (χ3n) is 5.03. The van der Waals surface area contributed by atoms with Gasteiger partial charge in [-0.1, -0.05) is 11.2 Å². The summed E-state index contributed by atoms with van der Waals surface area (Å²) in [7, 11) is 0. The van der Waals surface area contributed by atoms with Crippen molar-refractivity contribution in [3.8, 4) is 0 Å². The highest BCUT2D eigenvalue weighted by atomic mass is 19.1. The number of rotatable bonds is 3. The van der Waals surface area contributed by atoms with Gasteiger partial charge in [0, 0.05) is 24.7 Å². The molecule has 7 nitrogen and oxygen atoms in total. The van der Waals surface area contributed by atoms with E-state index in [0.717, 1.165) is 16.9 Å². The van der Waals surface area contributed by atoms with Gasteiger partial charge in [0.05, 0.1) is 5.69 Å². The van der Waals surface area contributed by atoms with Crippen LogP contribution in [-0.4, -0.2) is 34.1 Å². The highest BCUT2D eigenvalue weighted by Gasteiger charge is 2.27. The van der Waals surface area contributed by atoms with Gasteiger partial charge in [-0.3, -0.25) is 4.79 Å². The topological polar surface area (TPSA) is 84.2 Å². The van der Waals surface area contributed by atoms with E-state index in [9.17, 15) is 9.18 Å². The molecule has 1 fully saturated rings. The van der Waals surface area contributed by atoms with Crippen LogP contribution in [0.3, 0.4) is 0 Å². The number of carbonyl (C=O) groups excluding carboxylic acids is 1. The predicted molar refractivity (Wildman–Crippen MR) is 99.0 cm³/mol. The van der Waals surface area contributed by atoms with E-state index in [1.54, 1.807) is 19.1 Å². The van der Waals surface area contributed by atoms with Gasteiger partial charge in [0.1, 0.15) is 23.3 Å². The summed E-state index contributed by atoms with van der Waals surface area (Å²) in [6.45, 7) is 4.94. The van der Waals surface area contributed by atoms with E-state index in [2.05, 4.69) is 25.3 Å². The molecule has 140 valence electrons. The first kappa shape index (κ1) is 17.4. The number of nitrogens with one attached hydrogen (secondary N) is 1. The van der Waals surface area contributed by atoms with E-state index in [-0.39, 0.29) is 17.6 Å². The summed E-state index contributed by atoms with van der Waals surface area (Å²) >= 11 is 0. The Balaban J connectivity index is 1.43. The van der Waals surface area contributed by atoms with Crippen LogP contribution < -0.4 is 10.2 Å². The summed E-state index contributed by atoms with van der Waals surface area (Å²) in [5.74, 6) is 0.274. The van der Waals surface area contributed by atoms with E-state index >= 15 is 0 Å². The van der Waals surface area contributed by atoms with Crippen LogP contribution in [0, 0.1) is 25.6 Å². The SMILES string of the molecule is Cc1ccc(NC(=O)C2CCN(c3ncnc4onc(C)c34)CC2)cc1F. The lowest BCUT2D eigenvalue weighted by atomic mass is 9.95. The Labute approximate surface area is 155 Å². The maximum Gasteiger partial charge on any atom is 0.263 e. The Morgan fingerprint density at radius 1 is 1.26 bits per heavy atom. The summed E-state index contributed by atoms with van der Waals surface area (Å²) in [5.41, 5.74) is 2.27. The van der Waals surface area contributed by atoms with Crippen LogP contribution in [-0.2, 0) is 4.79 Å². The summed E-state index contributed by atoms with van der Waals surface area (Å²) in [6, 6.07) is 4.74. The Morgan fingerprint density at radius 3 is 2.78 bits per heavy atom. The van der Waals surface area contributed by atoms with Crippen molar-refractivity contribution >= 4 is 28.5 Å². The minimum absolute atomic E-state index is 0.0769. The molecule has 3 heterocycles. The van der Waals surface area contributed by atoms with Crippen LogP contribution in [0.25, 0.3) is 11.1 Å². The van der Waals surface area contributed by atoms with Crippen LogP contribution in [0.5, 0.6) is 0 Å². The number of aromatic nitrogens is 3. The molecule has 27 heavy (non-hydrogen) atoms. The smallest absolute Gasteiger partial charge is 0.263 e. The van der Waals surface area contributed by atoms with Crippen molar-refractivity contribution < 1.29 is 13.7 Å². The van der Waals surface area contributed by atoms with Crippen molar-refractivity contribution in [2.75, 3.05) is 23.3 Å². The quantitative estimate of drug-likeness (QED) is 0.763. The first-order valence-electron chi connectivity index (χ1n) is 8.92. The average molecular weight is 369 g/mol. The minimum Gasteiger partial charge on any atom is -0.356 e. The fraction of sp³-hybridized carbons (Fsp3) is 0.368. The molecular formula is C19H20FN5O2. The molecule has 1 aliphatic heterocycles. The maximum atomic E-state index is 13.7. The lowest BCUT2D eigenvalue weighted by Gasteiger charge is -2.32. The molecule has 0 bridgehead atoms. The number of fused-ring (bicyclic) bond motifs is 1. The minimum atomic E-state index is -0.320. The van der Waals surface area contributed by atoms with Crippen molar-refractivity contribution in [2.45, 2.75) is 26.7 Å². The van der Waals surface area contributed by atoms with Gasteiger partial charge < -0.3 is 14.7 Å². The number of halogens is 1. The molecule has 2 aromatic heterocycles. The van der Waals surface area contributed by atoms with Gasteiger partial charge in [0.15, 0.2) is 0 Å². The van der Waals surface area contributed by atoms with Crippen molar-refractivity contribution in [3.05, 3.63) is 41.6 Å². The monoisotopic (exact) mass is 369 g/mol. The van der Waals surface area contributed by atoms with Crippen LogP contribution in [0.1, 0.15) is 24.1 Å². The normalized spacial score (nSPS) is 15.3. The number of hydrogen-bond acceptors (Lipinski definition) is 6. The molecule has 0 spiro atoms. The molecular weight excluding hydrogens is 349 g/mol. The second-order valence-electron chi connectivity index (χ2n) is 6.86. The summed E-state index contributed by atoms with van der Waals surface area (Å²) in [6.07, 6.45) is 2.85. The van der Waals surface area contributed by atoms with Gasteiger partial charge in [-0.05, 0) is 44.4 Å². The molecule has 1 saturated heterocycles. The van der Waals surface area contributed by atoms with Gasteiger partial charge in [-0.25, -0.2) is 9.37 Å². The molecule has 4 rings (SSSR count). The summed E-state index contributed by atoms with van der Waals surface area (Å²) in [4.78, 5) is 23.1. The number of anilines is 2. The number of benzene rings is 1. The van der Waals surface area contributed by atoms with Crippen molar-refractivity contribution in [3.63, 3.8) is 0 Å². The van der Waals surface area contributed by atoms with Crippen molar-refractivity contribution in [1.82, 2.24) is 15.1 Å². The molecule has 1 aliphatic rings. The molecule has 3 aromatic rings. The second kappa shape index (κ2) is 6.94. The molecule has 0 aliphatic carbocycles. The zero-order valence-electron chi connectivity index (χ0n) is 15.2. The predicted octanol–water partition coefficient (Wildman–Crippen LogP) is 3.23. The molecule has 0 radical (unpaired) electrons. The van der Waals surface area contributed by atoms with Gasteiger partial charge in [0.25, 0.3) is 5.71 Å². The molecule has 1 amide bonds. The highest BCUT2D eigenvalue weighted by Crippen LogP contribution is 2.29. The fourth-order valence-electron chi connectivity index (χ4n) is 3.41. The highest BCUT2D eigenvalue weighted by molar-refractivity contribution is 5.93. The number of amides is 1. The van der Waals surface area contributed by atoms with E-state index in [1.807, 2.05) is 6.92 Å². The van der Waals surface area contributed by atoms with Crippen LogP contribution >= 0.6 is 0 Å². The van der Waals surface area contributed by atoms with Gasteiger partial charge >= 0.3 is 0 Å². The largest absolute Gasteiger partial charge is 0.356 e. The average Bonchev–Trinajstić information content (AvgIpc) is 3.06. The lowest BCUT2D eigenvalue weighted by molar-refractivity contribution is -0.120. The van der Waals surface area contributed by atoms with Crippen LogP contribution in [0.4, 0.5) is 15.9 Å². The molecule has 0 atom stereocenters. The third-order valence-corrected chi connectivity index (χ3v) is 5.03. The zero-order chi connectivity index (χ0) is 19.0. The summed E-state index contributed by atoms with van der Waals surface area (Å²) < 4.78 is 18.9. The molecule has 0 saturated carbocycles.